The molecule has 4 heterocycles. The molecule has 1 saturated carbocycles. The fourth-order valence-electron chi connectivity index (χ4n) is 4.55. The molecule has 2 bridgehead atoms. The zero-order valence-electron chi connectivity index (χ0n) is 17.1. The zero-order valence-corrected chi connectivity index (χ0v) is 17.1. The highest BCUT2D eigenvalue weighted by molar-refractivity contribution is 5.98. The number of carbonyl (C=O) groups excluding carboxylic acids is 1. The number of hydrogen-bond acceptors (Lipinski definition) is 6. The molecule has 3 aliphatic rings. The predicted octanol–water partition coefficient (Wildman–Crippen LogP) is 3.29. The minimum atomic E-state index is -4.59. The maximum Gasteiger partial charge on any atom is 0.434 e. The maximum atomic E-state index is 14.6. The molecule has 33 heavy (non-hydrogen) atoms. The Labute approximate surface area is 185 Å². The summed E-state index contributed by atoms with van der Waals surface area (Å²) < 4.78 is 58.7. The second kappa shape index (κ2) is 8.09. The van der Waals surface area contributed by atoms with Crippen LogP contribution >= 0.6 is 0 Å². The summed E-state index contributed by atoms with van der Waals surface area (Å²) in [5, 5.41) is 7.91. The molecule has 2 aliphatic heterocycles. The molecule has 6 rings (SSSR count). The van der Waals surface area contributed by atoms with Crippen molar-refractivity contribution < 1.29 is 27.1 Å². The highest BCUT2D eigenvalue weighted by Gasteiger charge is 2.45. The van der Waals surface area contributed by atoms with Crippen molar-refractivity contribution >= 4 is 5.91 Å². The zero-order chi connectivity index (χ0) is 23.2. The second-order valence-electron chi connectivity index (χ2n) is 8.05. The minimum absolute atomic E-state index is 0.0415. The summed E-state index contributed by atoms with van der Waals surface area (Å²) in [4.78, 5) is 23.3. The molecule has 2 aromatic heterocycles. The van der Waals surface area contributed by atoms with Crippen LogP contribution in [0.5, 0.6) is 5.88 Å². The monoisotopic (exact) mass is 462 g/mol. The van der Waals surface area contributed by atoms with E-state index < -0.39 is 23.8 Å². The number of ether oxygens (including phenoxy) is 1. The van der Waals surface area contributed by atoms with E-state index in [-0.39, 0.29) is 35.0 Å². The van der Waals surface area contributed by atoms with Crippen LogP contribution in [-0.2, 0) is 6.18 Å². The summed E-state index contributed by atoms with van der Waals surface area (Å²) in [7, 11) is 0. The first-order valence-electron chi connectivity index (χ1n) is 10.3. The molecule has 3 atom stereocenters. The summed E-state index contributed by atoms with van der Waals surface area (Å²) in [5.74, 6) is -0.915. The van der Waals surface area contributed by atoms with Gasteiger partial charge in [-0.1, -0.05) is 6.07 Å². The van der Waals surface area contributed by atoms with Gasteiger partial charge in [0, 0.05) is 6.54 Å². The van der Waals surface area contributed by atoms with Gasteiger partial charge in [-0.2, -0.15) is 23.4 Å². The summed E-state index contributed by atoms with van der Waals surface area (Å²) in [6, 6.07) is 3.86. The minimum Gasteiger partial charge on any atom is -0.471 e. The summed E-state index contributed by atoms with van der Waals surface area (Å²) in [5.41, 5.74) is -1.03. The Morgan fingerprint density at radius 1 is 1.09 bits per heavy atom. The van der Waals surface area contributed by atoms with Crippen molar-refractivity contribution in [2.45, 2.75) is 37.6 Å². The quantitative estimate of drug-likeness (QED) is 0.554. The van der Waals surface area contributed by atoms with Crippen LogP contribution in [0.2, 0.25) is 0 Å². The Morgan fingerprint density at radius 2 is 1.88 bits per heavy atom. The lowest BCUT2D eigenvalue weighted by Gasteiger charge is -2.49. The molecule has 0 radical (unpaired) electrons. The van der Waals surface area contributed by atoms with E-state index in [9.17, 15) is 22.4 Å². The molecular formula is C21H18F4N6O2. The van der Waals surface area contributed by atoms with Crippen LogP contribution in [0.3, 0.4) is 0 Å². The van der Waals surface area contributed by atoms with Gasteiger partial charge in [0.15, 0.2) is 11.5 Å². The summed E-state index contributed by atoms with van der Waals surface area (Å²) in [6.07, 6.45) is 1.45. The number of alkyl halides is 3. The molecule has 3 aromatic rings. The number of aromatic nitrogens is 5. The normalized spacial score (nSPS) is 22.4. The Balaban J connectivity index is 1.40. The van der Waals surface area contributed by atoms with Crippen LogP contribution in [0.15, 0.2) is 43.0 Å². The molecule has 172 valence electrons. The third kappa shape index (κ3) is 4.00. The van der Waals surface area contributed by atoms with E-state index in [0.29, 0.717) is 25.6 Å². The molecule has 0 N–H and O–H groups in total. The first-order valence-corrected chi connectivity index (χ1v) is 10.3. The van der Waals surface area contributed by atoms with Crippen molar-refractivity contribution in [2.24, 2.45) is 5.92 Å². The van der Waals surface area contributed by atoms with Crippen LogP contribution in [0, 0.1) is 11.7 Å². The highest BCUT2D eigenvalue weighted by Crippen LogP contribution is 2.38. The lowest BCUT2D eigenvalue weighted by Crippen LogP contribution is -2.59. The summed E-state index contributed by atoms with van der Waals surface area (Å²) in [6.45, 7) is 0.477. The van der Waals surface area contributed by atoms with E-state index >= 15 is 0 Å². The number of rotatable bonds is 4. The maximum absolute atomic E-state index is 14.6. The van der Waals surface area contributed by atoms with Gasteiger partial charge in [-0.25, -0.2) is 14.4 Å². The first-order chi connectivity index (χ1) is 15.8. The van der Waals surface area contributed by atoms with Crippen molar-refractivity contribution in [1.82, 2.24) is 29.9 Å². The molecule has 1 aliphatic carbocycles. The fourth-order valence-corrected chi connectivity index (χ4v) is 4.55. The van der Waals surface area contributed by atoms with Gasteiger partial charge in [0.05, 0.1) is 36.4 Å². The third-order valence-corrected chi connectivity index (χ3v) is 6.01. The van der Waals surface area contributed by atoms with Crippen LogP contribution in [0.4, 0.5) is 17.6 Å². The smallest absolute Gasteiger partial charge is 0.434 e. The largest absolute Gasteiger partial charge is 0.471 e. The van der Waals surface area contributed by atoms with Gasteiger partial charge in [-0.05, 0) is 37.3 Å². The van der Waals surface area contributed by atoms with Crippen LogP contribution in [-0.4, -0.2) is 54.5 Å². The van der Waals surface area contributed by atoms with Crippen LogP contribution in [0.25, 0.3) is 5.69 Å². The number of benzene rings is 1. The van der Waals surface area contributed by atoms with Crippen molar-refractivity contribution in [2.75, 3.05) is 6.54 Å². The van der Waals surface area contributed by atoms with Gasteiger partial charge >= 0.3 is 6.18 Å². The topological polar surface area (TPSA) is 86.0 Å². The van der Waals surface area contributed by atoms with Gasteiger partial charge in [-0.15, -0.1) is 4.80 Å². The number of nitrogens with zero attached hydrogens (tertiary/aromatic N) is 6. The van der Waals surface area contributed by atoms with Crippen molar-refractivity contribution in [1.29, 1.82) is 0 Å². The van der Waals surface area contributed by atoms with Gasteiger partial charge in [0.2, 0.25) is 5.88 Å². The average Bonchev–Trinajstić information content (AvgIpc) is 3.33. The summed E-state index contributed by atoms with van der Waals surface area (Å²) >= 11 is 0. The van der Waals surface area contributed by atoms with Gasteiger partial charge in [0.1, 0.15) is 11.8 Å². The first kappa shape index (κ1) is 21.3. The molecule has 3 fully saturated rings. The van der Waals surface area contributed by atoms with E-state index in [1.54, 1.807) is 4.90 Å². The number of para-hydroxylation sites is 1. The van der Waals surface area contributed by atoms with Crippen LogP contribution in [0.1, 0.15) is 35.3 Å². The Kier molecular flexibility index (Phi) is 5.22. The molecule has 1 amide bonds. The number of carbonyl (C=O) groups is 1. The van der Waals surface area contributed by atoms with E-state index in [2.05, 4.69) is 20.2 Å². The molecular weight excluding hydrogens is 444 g/mol. The Morgan fingerprint density at radius 3 is 2.55 bits per heavy atom. The van der Waals surface area contributed by atoms with Crippen molar-refractivity contribution in [3.63, 3.8) is 0 Å². The van der Waals surface area contributed by atoms with E-state index in [1.807, 2.05) is 0 Å². The molecule has 2 saturated heterocycles. The van der Waals surface area contributed by atoms with Crippen LogP contribution < -0.4 is 4.74 Å². The standard InChI is InChI=1S/C21H18F4N6O2/c22-14-3-1-2-13(19(14)31-28-6-7-29-31)20(32)30-11-12-4-5-15(30)16(8-12)33-18-10-26-17(9-27-18)21(23,24)25/h1-3,6-7,9-10,12,15-16H,4-5,8,11H2. The van der Waals surface area contributed by atoms with Gasteiger partial charge in [0.25, 0.3) is 5.91 Å². The highest BCUT2D eigenvalue weighted by atomic mass is 19.4. The average molecular weight is 462 g/mol. The second-order valence-corrected chi connectivity index (χ2v) is 8.05. The molecule has 8 nitrogen and oxygen atoms in total. The third-order valence-electron chi connectivity index (χ3n) is 6.01. The molecule has 0 spiro atoms. The Bertz CT molecular complexity index is 1150. The van der Waals surface area contributed by atoms with E-state index in [4.69, 9.17) is 4.74 Å². The number of amides is 1. The molecule has 12 heteroatoms. The fraction of sp³-hybridized carbons (Fsp3) is 0.381. The van der Waals surface area contributed by atoms with Gasteiger partial charge in [-0.3, -0.25) is 4.79 Å². The number of piperidine rings is 2. The number of halogens is 4. The van der Waals surface area contributed by atoms with Crippen molar-refractivity contribution in [3.8, 4) is 11.6 Å². The Hall–Kier alpha value is -3.57. The van der Waals surface area contributed by atoms with E-state index in [0.717, 1.165) is 17.4 Å². The van der Waals surface area contributed by atoms with Gasteiger partial charge < -0.3 is 9.64 Å². The molecule has 1 aromatic carbocycles. The lowest BCUT2D eigenvalue weighted by atomic mass is 9.77. The van der Waals surface area contributed by atoms with E-state index in [1.165, 1.54) is 30.6 Å². The lowest BCUT2D eigenvalue weighted by molar-refractivity contribution is -0.141. The number of fused-ring (bicyclic) bond motifs is 3. The number of hydrogen-bond donors (Lipinski definition) is 0. The predicted molar refractivity (Wildman–Crippen MR) is 105 cm³/mol. The SMILES string of the molecule is O=C(c1cccc(F)c1-n1nccn1)N1CC2CCC1C(Oc1cnc(C(F)(F)F)cn1)C2. The van der Waals surface area contributed by atoms with Crippen molar-refractivity contribution in [3.05, 3.63) is 60.1 Å². The molecule has 3 unspecified atom stereocenters.